The Morgan fingerprint density at radius 2 is 1.93 bits per heavy atom. The molecule has 1 saturated carbocycles. The monoisotopic (exact) mass is 656 g/mol. The smallest absolute Gasteiger partial charge is 0.417 e. The highest BCUT2D eigenvalue weighted by molar-refractivity contribution is 7.23. The fraction of sp³-hybridized carbons (Fsp3) is 0.469. The Kier molecular flexibility index (Phi) is 6.50. The Morgan fingerprint density at radius 1 is 1.20 bits per heavy atom. The Labute approximate surface area is 264 Å². The molecule has 4 aromatic rings. The molecular weight excluding hydrogens is 627 g/mol. The summed E-state index contributed by atoms with van der Waals surface area (Å²) in [7, 11) is 0. The molecular formula is C32H29F5N6O2S. The second-order valence-electron chi connectivity index (χ2n) is 13.1. The Bertz CT molecular complexity index is 1960. The van der Waals surface area contributed by atoms with Gasteiger partial charge in [-0.2, -0.15) is 28.4 Å². The maximum Gasteiger partial charge on any atom is 0.417 e. The van der Waals surface area contributed by atoms with Crippen molar-refractivity contribution in [3.8, 4) is 23.2 Å². The average molecular weight is 657 g/mol. The van der Waals surface area contributed by atoms with Crippen LogP contribution in [-0.4, -0.2) is 54.0 Å². The highest BCUT2D eigenvalue weighted by Crippen LogP contribution is 2.59. The number of rotatable bonds is 6. The minimum absolute atomic E-state index is 0.0782. The number of ether oxygens (including phenoxy) is 2. The molecule has 46 heavy (non-hydrogen) atoms. The average Bonchev–Trinajstić information content (AvgIpc) is 3.76. The van der Waals surface area contributed by atoms with Crippen LogP contribution in [-0.2, 0) is 10.9 Å². The molecule has 2 aromatic carbocycles. The molecule has 14 heteroatoms. The SMILES string of the molecule is CCC12CC(COc3nc(N4CC5CCC(C4)N5)c4cc(C(F)(F)F)c(-c5ccc(F)c6sc(N)c(C#N)c56)c(F)c4n3)(CO1)C2. The molecule has 5 aliphatic rings. The van der Waals surface area contributed by atoms with Crippen molar-refractivity contribution in [2.45, 2.75) is 62.9 Å². The lowest BCUT2D eigenvalue weighted by Crippen LogP contribution is -2.51. The van der Waals surface area contributed by atoms with Gasteiger partial charge in [-0.25, -0.2) is 8.78 Å². The number of nitrogen functional groups attached to an aromatic ring is 1. The fourth-order valence-corrected chi connectivity index (χ4v) is 8.95. The number of nitriles is 1. The number of aromatic nitrogens is 2. The quantitative estimate of drug-likeness (QED) is 0.225. The number of thiophene rings is 1. The van der Waals surface area contributed by atoms with Crippen molar-refractivity contribution in [3.05, 3.63) is 41.0 Å². The molecule has 0 radical (unpaired) electrons. The van der Waals surface area contributed by atoms with Crippen molar-refractivity contribution in [2.75, 3.05) is 36.9 Å². The van der Waals surface area contributed by atoms with Crippen LogP contribution < -0.4 is 20.7 Å². The molecule has 4 bridgehead atoms. The zero-order valence-corrected chi connectivity index (χ0v) is 25.5. The minimum Gasteiger partial charge on any atom is -0.463 e. The van der Waals surface area contributed by atoms with Gasteiger partial charge in [-0.3, -0.25) is 0 Å². The van der Waals surface area contributed by atoms with E-state index < -0.39 is 28.9 Å². The van der Waals surface area contributed by atoms with Gasteiger partial charge in [0.15, 0.2) is 5.82 Å². The summed E-state index contributed by atoms with van der Waals surface area (Å²) in [6, 6.07) is 4.80. The number of nitrogens with one attached hydrogen (secondary N) is 1. The van der Waals surface area contributed by atoms with E-state index in [1.54, 1.807) is 0 Å². The third-order valence-electron chi connectivity index (χ3n) is 10.1. The number of anilines is 2. The fourth-order valence-electron chi connectivity index (χ4n) is 8.00. The van der Waals surface area contributed by atoms with E-state index in [4.69, 9.17) is 15.2 Å². The van der Waals surface area contributed by atoms with Gasteiger partial charge in [0, 0.05) is 46.9 Å². The van der Waals surface area contributed by atoms with Crippen molar-refractivity contribution in [3.63, 3.8) is 0 Å². The molecule has 5 fully saturated rings. The second kappa shape index (κ2) is 10.1. The molecule has 4 aliphatic heterocycles. The molecule has 1 aliphatic carbocycles. The lowest BCUT2D eigenvalue weighted by molar-refractivity contribution is -0.137. The highest BCUT2D eigenvalue weighted by Gasteiger charge is 2.61. The van der Waals surface area contributed by atoms with E-state index >= 15 is 4.39 Å². The summed E-state index contributed by atoms with van der Waals surface area (Å²) in [5.41, 5.74) is 2.57. The molecule has 2 unspecified atom stereocenters. The Hall–Kier alpha value is -3.80. The van der Waals surface area contributed by atoms with Crippen LogP contribution in [0.15, 0.2) is 18.2 Å². The van der Waals surface area contributed by atoms with Crippen LogP contribution in [0.3, 0.4) is 0 Å². The Balaban J connectivity index is 1.33. The zero-order valence-electron chi connectivity index (χ0n) is 24.7. The van der Waals surface area contributed by atoms with E-state index in [9.17, 15) is 22.8 Å². The molecule has 3 N–H and O–H groups in total. The number of hydrogen-bond donors (Lipinski definition) is 2. The van der Waals surface area contributed by atoms with Crippen molar-refractivity contribution in [2.24, 2.45) is 5.41 Å². The molecule has 0 amide bonds. The van der Waals surface area contributed by atoms with Gasteiger partial charge in [0.25, 0.3) is 0 Å². The minimum atomic E-state index is -5.02. The first-order valence-corrected chi connectivity index (χ1v) is 16.0. The number of benzene rings is 2. The lowest BCUT2D eigenvalue weighted by atomic mass is 9.62. The number of nitrogens with zero attached hydrogens (tertiary/aromatic N) is 4. The number of nitrogens with two attached hydrogens (primary N) is 1. The summed E-state index contributed by atoms with van der Waals surface area (Å²) in [4.78, 5) is 10.9. The molecule has 9 rings (SSSR count). The predicted octanol–water partition coefficient (Wildman–Crippen LogP) is 6.54. The summed E-state index contributed by atoms with van der Waals surface area (Å²) < 4.78 is 88.4. The number of fused-ring (bicyclic) bond motifs is 5. The number of hydrogen-bond acceptors (Lipinski definition) is 9. The van der Waals surface area contributed by atoms with E-state index in [2.05, 4.69) is 22.2 Å². The molecule has 8 nitrogen and oxygen atoms in total. The van der Waals surface area contributed by atoms with E-state index in [0.717, 1.165) is 61.6 Å². The van der Waals surface area contributed by atoms with Crippen molar-refractivity contribution < 1.29 is 31.4 Å². The number of alkyl halides is 3. The van der Waals surface area contributed by atoms with Gasteiger partial charge in [-0.05, 0) is 49.8 Å². The maximum atomic E-state index is 16.9. The predicted molar refractivity (Wildman–Crippen MR) is 163 cm³/mol. The molecule has 2 atom stereocenters. The third kappa shape index (κ3) is 4.42. The van der Waals surface area contributed by atoms with Crippen LogP contribution in [0.5, 0.6) is 6.01 Å². The first-order valence-electron chi connectivity index (χ1n) is 15.2. The topological polar surface area (TPSA) is 109 Å². The third-order valence-corrected chi connectivity index (χ3v) is 11.2. The standard InChI is InChI=1S/C32H29F5N6O2S/c1-2-31-11-30(12-31,14-45-31)13-44-29-41-25-18(28(42-29)43-9-15-3-4-16(10-43)40-15)7-20(32(35,36)37)23(24(25)34)17-5-6-21(33)26-22(17)19(8-38)27(39)46-26/h5-7,15-16,40H,2-4,9-14,39H2,1H3. The number of piperazine rings is 1. The lowest BCUT2D eigenvalue weighted by Gasteiger charge is -2.43. The van der Waals surface area contributed by atoms with Crippen LogP contribution >= 0.6 is 11.3 Å². The van der Waals surface area contributed by atoms with Crippen LogP contribution in [0.25, 0.3) is 32.1 Å². The maximum absolute atomic E-state index is 16.9. The van der Waals surface area contributed by atoms with E-state index in [1.165, 1.54) is 0 Å². The largest absolute Gasteiger partial charge is 0.463 e. The summed E-state index contributed by atoms with van der Waals surface area (Å²) in [5.74, 6) is -1.89. The van der Waals surface area contributed by atoms with Crippen LogP contribution in [0.4, 0.5) is 32.8 Å². The van der Waals surface area contributed by atoms with E-state index in [1.807, 2.05) is 11.0 Å². The van der Waals surface area contributed by atoms with Crippen molar-refractivity contribution >= 4 is 43.1 Å². The first-order chi connectivity index (χ1) is 21.9. The van der Waals surface area contributed by atoms with Gasteiger partial charge < -0.3 is 25.4 Å². The molecule has 0 spiro atoms. The molecule has 2 aromatic heterocycles. The van der Waals surface area contributed by atoms with Gasteiger partial charge >= 0.3 is 12.2 Å². The second-order valence-corrected chi connectivity index (χ2v) is 14.2. The first kappa shape index (κ1) is 29.6. The van der Waals surface area contributed by atoms with E-state index in [0.29, 0.717) is 19.7 Å². The van der Waals surface area contributed by atoms with Gasteiger partial charge in [-0.15, -0.1) is 11.3 Å². The normalized spacial score (nSPS) is 26.9. The summed E-state index contributed by atoms with van der Waals surface area (Å²) in [6.45, 7) is 3.76. The van der Waals surface area contributed by atoms with Gasteiger partial charge in [0.05, 0.1) is 34.6 Å². The van der Waals surface area contributed by atoms with E-state index in [-0.39, 0.29) is 78.7 Å². The molecule has 6 heterocycles. The van der Waals surface area contributed by atoms with Crippen LogP contribution in [0.1, 0.15) is 50.2 Å². The van der Waals surface area contributed by atoms with Crippen LogP contribution in [0.2, 0.25) is 0 Å². The van der Waals surface area contributed by atoms with Crippen molar-refractivity contribution in [1.29, 1.82) is 5.26 Å². The zero-order chi connectivity index (χ0) is 32.2. The molecule has 4 saturated heterocycles. The summed E-state index contributed by atoms with van der Waals surface area (Å²) in [6.07, 6.45) is -0.688. The highest BCUT2D eigenvalue weighted by atomic mass is 32.1. The van der Waals surface area contributed by atoms with Crippen LogP contribution in [0, 0.1) is 28.4 Å². The number of halogens is 5. The van der Waals surface area contributed by atoms with Gasteiger partial charge in [0.2, 0.25) is 0 Å². The summed E-state index contributed by atoms with van der Waals surface area (Å²) >= 11 is 0.723. The van der Waals surface area contributed by atoms with Crippen molar-refractivity contribution in [1.82, 2.24) is 15.3 Å². The Morgan fingerprint density at radius 3 is 2.59 bits per heavy atom. The van der Waals surface area contributed by atoms with Gasteiger partial charge in [-0.1, -0.05) is 13.0 Å². The summed E-state index contributed by atoms with van der Waals surface area (Å²) in [5, 5.41) is 12.9. The molecule has 240 valence electrons. The van der Waals surface area contributed by atoms with Gasteiger partial charge in [0.1, 0.15) is 28.2 Å².